The molecule has 2 aromatic heterocycles. The summed E-state index contributed by atoms with van der Waals surface area (Å²) in [6, 6.07) is 11.0. The first-order valence-corrected chi connectivity index (χ1v) is 11.0. The predicted octanol–water partition coefficient (Wildman–Crippen LogP) is 1.91. The van der Waals surface area contributed by atoms with Gasteiger partial charge in [-0.05, 0) is 37.4 Å². The molecule has 3 aromatic rings. The summed E-state index contributed by atoms with van der Waals surface area (Å²) in [6.07, 6.45) is 2.25. The fourth-order valence-corrected chi connectivity index (χ4v) is 4.79. The molecule has 3 aliphatic rings. The van der Waals surface area contributed by atoms with Crippen LogP contribution >= 0.6 is 0 Å². The minimum Gasteiger partial charge on any atom is -0.378 e. The Kier molecular flexibility index (Phi) is 4.36. The average Bonchev–Trinajstić information content (AvgIpc) is 3.12. The number of pyridine rings is 1. The molecular formula is C23H28N8. The van der Waals surface area contributed by atoms with Gasteiger partial charge in [0, 0.05) is 56.6 Å². The molecule has 0 spiro atoms. The maximum absolute atomic E-state index is 5.79. The number of benzene rings is 1. The van der Waals surface area contributed by atoms with Crippen molar-refractivity contribution in [2.24, 2.45) is 0 Å². The van der Waals surface area contributed by atoms with E-state index in [9.17, 15) is 0 Å². The van der Waals surface area contributed by atoms with Crippen molar-refractivity contribution in [1.29, 1.82) is 0 Å². The van der Waals surface area contributed by atoms with Crippen LogP contribution in [0.25, 0.3) is 28.4 Å². The van der Waals surface area contributed by atoms with Crippen LogP contribution in [-0.2, 0) is 0 Å². The summed E-state index contributed by atoms with van der Waals surface area (Å²) < 4.78 is 0. The van der Waals surface area contributed by atoms with Crippen molar-refractivity contribution >= 4 is 28.7 Å². The average molecular weight is 417 g/mol. The Labute approximate surface area is 181 Å². The van der Waals surface area contributed by atoms with Gasteiger partial charge in [0.25, 0.3) is 0 Å². The highest BCUT2D eigenvalue weighted by atomic mass is 15.4. The Morgan fingerprint density at radius 1 is 1.03 bits per heavy atom. The lowest BCUT2D eigenvalue weighted by Crippen LogP contribution is -2.62. The molecule has 0 amide bonds. The second-order valence-corrected chi connectivity index (χ2v) is 8.87. The second-order valence-electron chi connectivity index (χ2n) is 8.87. The maximum atomic E-state index is 5.79. The van der Waals surface area contributed by atoms with Crippen LogP contribution in [0.4, 0.5) is 11.6 Å². The topological polar surface area (TPSA) is 89.3 Å². The molecule has 0 atom stereocenters. The Hall–Kier alpha value is -3.10. The molecule has 4 N–H and O–H groups in total. The number of hydrogen-bond acceptors (Lipinski definition) is 7. The molecule has 6 rings (SSSR count). The first-order valence-electron chi connectivity index (χ1n) is 11.0. The second kappa shape index (κ2) is 7.25. The molecule has 0 radical (unpaired) electrons. The molecule has 8 nitrogen and oxygen atoms in total. The fraction of sp³-hybridized carbons (Fsp3) is 0.391. The molecule has 1 aromatic carbocycles. The van der Waals surface area contributed by atoms with Crippen LogP contribution in [0.5, 0.6) is 0 Å². The first kappa shape index (κ1) is 18.7. The third-order valence-electron chi connectivity index (χ3n) is 6.81. The van der Waals surface area contributed by atoms with E-state index in [2.05, 4.69) is 61.3 Å². The Morgan fingerprint density at radius 3 is 2.71 bits per heavy atom. The van der Waals surface area contributed by atoms with Gasteiger partial charge in [-0.3, -0.25) is 4.90 Å². The van der Waals surface area contributed by atoms with Crippen LogP contribution < -0.4 is 11.1 Å². The quantitative estimate of drug-likeness (QED) is 0.601. The Balaban J connectivity index is 1.20. The van der Waals surface area contributed by atoms with E-state index in [4.69, 9.17) is 10.7 Å². The molecule has 5 heterocycles. The van der Waals surface area contributed by atoms with Crippen LogP contribution in [0.2, 0.25) is 0 Å². The number of likely N-dealkylation sites (tertiary alicyclic amines) is 1. The number of nitrogens with zero attached hydrogens (tertiary/aromatic N) is 5. The molecule has 0 unspecified atom stereocenters. The van der Waals surface area contributed by atoms with Gasteiger partial charge in [-0.1, -0.05) is 6.07 Å². The number of anilines is 2. The van der Waals surface area contributed by atoms with Crippen LogP contribution in [0, 0.1) is 0 Å². The number of fused-ring (bicyclic) bond motifs is 2. The van der Waals surface area contributed by atoms with Crippen molar-refractivity contribution in [2.75, 3.05) is 63.9 Å². The van der Waals surface area contributed by atoms with Gasteiger partial charge in [0.2, 0.25) is 0 Å². The number of imidazole rings is 1. The van der Waals surface area contributed by atoms with Gasteiger partial charge in [-0.25, -0.2) is 9.97 Å². The van der Waals surface area contributed by atoms with Gasteiger partial charge in [0.05, 0.1) is 34.7 Å². The fourth-order valence-electron chi connectivity index (χ4n) is 4.79. The van der Waals surface area contributed by atoms with Crippen LogP contribution in [-0.4, -0.2) is 88.6 Å². The number of nitrogen functional groups attached to an aromatic ring is 1. The van der Waals surface area contributed by atoms with E-state index >= 15 is 0 Å². The van der Waals surface area contributed by atoms with Crippen molar-refractivity contribution in [1.82, 2.24) is 29.7 Å². The predicted molar refractivity (Wildman–Crippen MR) is 125 cm³/mol. The van der Waals surface area contributed by atoms with Crippen molar-refractivity contribution < 1.29 is 0 Å². The highest BCUT2D eigenvalue weighted by Gasteiger charge is 2.34. The van der Waals surface area contributed by atoms with Gasteiger partial charge < -0.3 is 25.8 Å². The van der Waals surface area contributed by atoms with Crippen LogP contribution in [0.1, 0.15) is 5.69 Å². The van der Waals surface area contributed by atoms with E-state index in [1.54, 1.807) is 0 Å². The molecule has 31 heavy (non-hydrogen) atoms. The first-order chi connectivity index (χ1) is 15.1. The lowest BCUT2D eigenvalue weighted by atomic mass is 10.0. The number of aromatic amines is 1. The van der Waals surface area contributed by atoms with Crippen LogP contribution in [0.3, 0.4) is 0 Å². The lowest BCUT2D eigenvalue weighted by molar-refractivity contribution is 0.0273. The minimum absolute atomic E-state index is 0.437. The summed E-state index contributed by atoms with van der Waals surface area (Å²) >= 11 is 0. The molecule has 8 heteroatoms. The lowest BCUT2D eigenvalue weighted by Gasteiger charge is -2.50. The summed E-state index contributed by atoms with van der Waals surface area (Å²) in [4.78, 5) is 19.9. The van der Waals surface area contributed by atoms with Crippen molar-refractivity contribution in [3.63, 3.8) is 0 Å². The van der Waals surface area contributed by atoms with E-state index in [0.29, 0.717) is 12.0 Å². The maximum Gasteiger partial charge on any atom is 0.198 e. The number of aromatic nitrogens is 3. The zero-order valence-corrected chi connectivity index (χ0v) is 17.8. The molecule has 160 valence electrons. The van der Waals surface area contributed by atoms with E-state index in [1.165, 1.54) is 31.9 Å². The summed E-state index contributed by atoms with van der Waals surface area (Å²) in [5.74, 6) is 0.437. The summed E-state index contributed by atoms with van der Waals surface area (Å²) in [7, 11) is 2.21. The van der Waals surface area contributed by atoms with E-state index in [1.807, 2.05) is 12.1 Å². The zero-order chi connectivity index (χ0) is 20.9. The van der Waals surface area contributed by atoms with Crippen molar-refractivity contribution in [3.8, 4) is 11.3 Å². The number of likely N-dealkylation sites (N-methyl/N-ethyl adjacent to an activating group) is 1. The van der Waals surface area contributed by atoms with Crippen molar-refractivity contribution in [3.05, 3.63) is 41.7 Å². The van der Waals surface area contributed by atoms with Crippen LogP contribution in [0.15, 0.2) is 36.0 Å². The number of nitrogens with one attached hydrogen (secondary N) is 2. The van der Waals surface area contributed by atoms with Gasteiger partial charge >= 0.3 is 0 Å². The number of rotatable bonds is 3. The van der Waals surface area contributed by atoms with Crippen molar-refractivity contribution in [2.45, 2.75) is 6.04 Å². The van der Waals surface area contributed by atoms with Gasteiger partial charge in [-0.2, -0.15) is 0 Å². The molecule has 2 fully saturated rings. The number of hydrogen-bond donors (Lipinski definition) is 3. The summed E-state index contributed by atoms with van der Waals surface area (Å²) in [5.41, 5.74) is 13.0. The number of nitrogens with two attached hydrogens (primary N) is 1. The van der Waals surface area contributed by atoms with Gasteiger partial charge in [-0.15, -0.1) is 0 Å². The molecule has 0 saturated carbocycles. The largest absolute Gasteiger partial charge is 0.378 e. The smallest absolute Gasteiger partial charge is 0.198 e. The SMILES string of the molecule is CN1CCN(C2CN(C3=Cc4nc(-c5ccc6nc(N)[nH]c6c5)ccc4NC3)C2)CC1. The third-order valence-corrected chi connectivity index (χ3v) is 6.81. The van der Waals surface area contributed by atoms with Gasteiger partial charge in [0.1, 0.15) is 0 Å². The summed E-state index contributed by atoms with van der Waals surface area (Å²) in [6.45, 7) is 7.82. The van der Waals surface area contributed by atoms with E-state index in [-0.39, 0.29) is 0 Å². The highest BCUT2D eigenvalue weighted by molar-refractivity contribution is 5.83. The normalized spacial score (nSPS) is 20.3. The third kappa shape index (κ3) is 3.41. The monoisotopic (exact) mass is 416 g/mol. The Morgan fingerprint density at radius 2 is 1.87 bits per heavy atom. The summed E-state index contributed by atoms with van der Waals surface area (Å²) in [5, 5.41) is 3.55. The van der Waals surface area contributed by atoms with E-state index < -0.39 is 0 Å². The number of H-pyrrole nitrogens is 1. The molecule has 3 aliphatic heterocycles. The highest BCUT2D eigenvalue weighted by Crippen LogP contribution is 2.31. The number of piperazine rings is 1. The molecular weight excluding hydrogens is 388 g/mol. The van der Waals surface area contributed by atoms with Gasteiger partial charge in [0.15, 0.2) is 5.95 Å². The zero-order valence-electron chi connectivity index (χ0n) is 17.8. The molecule has 2 saturated heterocycles. The van der Waals surface area contributed by atoms with E-state index in [0.717, 1.165) is 53.3 Å². The Bertz CT molecular complexity index is 1150. The minimum atomic E-state index is 0.437. The standard InChI is InChI=1S/C23H28N8/c1-29-6-8-30(9-7-29)17-13-31(14-17)16-11-22-19(25-12-16)5-4-18(26-22)15-2-3-20-21(10-15)28-23(24)27-20/h2-5,10-11,17,25H,6-9,12-14H2,1H3,(H3,24,27,28). The molecule has 0 aliphatic carbocycles. The molecule has 0 bridgehead atoms.